The number of anilines is 1. The van der Waals surface area contributed by atoms with Crippen LogP contribution in [0.25, 0.3) is 0 Å². The molecular formula is C29H36N4O3. The lowest BCUT2D eigenvalue weighted by Gasteiger charge is -2.35. The van der Waals surface area contributed by atoms with E-state index in [1.165, 1.54) is 0 Å². The fraction of sp³-hybridized carbons (Fsp3) is 0.448. The van der Waals surface area contributed by atoms with Gasteiger partial charge >= 0.3 is 0 Å². The van der Waals surface area contributed by atoms with Crippen molar-refractivity contribution in [2.45, 2.75) is 59.0 Å². The number of hydrogen-bond donors (Lipinski definition) is 2. The molecule has 1 aliphatic carbocycles. The van der Waals surface area contributed by atoms with Crippen LogP contribution in [0.5, 0.6) is 0 Å². The SMILES string of the molecule is Cc1ccc(C2=N[C@H](NC(=O)[C@H](CC(C)C)C3(C(N)=O)CCCC3)C(=O)N(C)c3ccccc32)cc1. The van der Waals surface area contributed by atoms with Crippen LogP contribution in [0.2, 0.25) is 0 Å². The van der Waals surface area contributed by atoms with Gasteiger partial charge in [0.25, 0.3) is 5.91 Å². The number of benzene rings is 2. The molecule has 1 saturated carbocycles. The van der Waals surface area contributed by atoms with E-state index in [9.17, 15) is 14.4 Å². The Bertz CT molecular complexity index is 1180. The Morgan fingerprint density at radius 2 is 1.75 bits per heavy atom. The largest absolute Gasteiger partial charge is 0.369 e. The molecule has 0 unspecified atom stereocenters. The van der Waals surface area contributed by atoms with E-state index in [1.54, 1.807) is 11.9 Å². The number of carbonyl (C=O) groups excluding carboxylic acids is 3. The molecule has 1 fully saturated rings. The van der Waals surface area contributed by atoms with Gasteiger partial charge in [0.1, 0.15) is 0 Å². The minimum Gasteiger partial charge on any atom is -0.369 e. The number of nitrogens with one attached hydrogen (secondary N) is 1. The summed E-state index contributed by atoms with van der Waals surface area (Å²) in [6.07, 6.45) is 2.30. The maximum Gasteiger partial charge on any atom is 0.272 e. The highest BCUT2D eigenvalue weighted by Crippen LogP contribution is 2.46. The van der Waals surface area contributed by atoms with Gasteiger partial charge in [-0.25, -0.2) is 4.99 Å². The second kappa shape index (κ2) is 10.2. The summed E-state index contributed by atoms with van der Waals surface area (Å²) < 4.78 is 0. The van der Waals surface area contributed by atoms with Crippen LogP contribution in [-0.4, -0.2) is 36.6 Å². The van der Waals surface area contributed by atoms with Crippen LogP contribution in [0.4, 0.5) is 5.69 Å². The highest BCUT2D eigenvalue weighted by molar-refractivity contribution is 6.20. The van der Waals surface area contributed by atoms with E-state index < -0.39 is 23.4 Å². The summed E-state index contributed by atoms with van der Waals surface area (Å²) in [5.74, 6) is -1.53. The summed E-state index contributed by atoms with van der Waals surface area (Å²) in [4.78, 5) is 46.4. The molecule has 1 heterocycles. The number of nitrogens with zero attached hydrogens (tertiary/aromatic N) is 2. The molecule has 2 aromatic rings. The first-order valence-corrected chi connectivity index (χ1v) is 12.8. The first kappa shape index (κ1) is 25.6. The van der Waals surface area contributed by atoms with Crippen molar-refractivity contribution in [2.24, 2.45) is 28.0 Å². The third-order valence-electron chi connectivity index (χ3n) is 7.62. The number of carbonyl (C=O) groups is 3. The number of aryl methyl sites for hydroxylation is 1. The number of likely N-dealkylation sites (N-methyl/N-ethyl adjacent to an activating group) is 1. The van der Waals surface area contributed by atoms with Crippen molar-refractivity contribution >= 4 is 29.1 Å². The van der Waals surface area contributed by atoms with Gasteiger partial charge in [0.05, 0.1) is 22.7 Å². The zero-order valence-electron chi connectivity index (χ0n) is 21.6. The number of rotatable bonds is 7. The fourth-order valence-electron chi connectivity index (χ4n) is 5.62. The Balaban J connectivity index is 1.75. The monoisotopic (exact) mass is 488 g/mol. The third kappa shape index (κ3) is 4.79. The summed E-state index contributed by atoms with van der Waals surface area (Å²) in [7, 11) is 1.70. The van der Waals surface area contributed by atoms with Crippen molar-refractivity contribution in [3.63, 3.8) is 0 Å². The van der Waals surface area contributed by atoms with E-state index in [-0.39, 0.29) is 17.7 Å². The topological polar surface area (TPSA) is 105 Å². The van der Waals surface area contributed by atoms with E-state index in [4.69, 9.17) is 10.7 Å². The maximum atomic E-state index is 13.8. The van der Waals surface area contributed by atoms with Crippen LogP contribution in [-0.2, 0) is 14.4 Å². The number of nitrogens with two attached hydrogens (primary N) is 1. The first-order valence-electron chi connectivity index (χ1n) is 12.8. The Kier molecular flexibility index (Phi) is 7.29. The first-order chi connectivity index (χ1) is 17.1. The summed E-state index contributed by atoms with van der Waals surface area (Å²) in [6, 6.07) is 15.6. The summed E-state index contributed by atoms with van der Waals surface area (Å²) in [5.41, 5.74) is 9.17. The van der Waals surface area contributed by atoms with Gasteiger partial charge in [-0.15, -0.1) is 0 Å². The summed E-state index contributed by atoms with van der Waals surface area (Å²) in [6.45, 7) is 6.07. The lowest BCUT2D eigenvalue weighted by atomic mass is 9.69. The van der Waals surface area contributed by atoms with Crippen LogP contribution in [0.1, 0.15) is 62.6 Å². The molecule has 1 aliphatic heterocycles. The Hall–Kier alpha value is -3.48. The number of aliphatic imine (C=N–C) groups is 1. The van der Waals surface area contributed by atoms with Crippen LogP contribution in [0.15, 0.2) is 53.5 Å². The molecule has 7 nitrogen and oxygen atoms in total. The Morgan fingerprint density at radius 1 is 1.11 bits per heavy atom. The number of para-hydroxylation sites is 1. The molecule has 2 atom stereocenters. The molecule has 7 heteroatoms. The molecule has 190 valence electrons. The van der Waals surface area contributed by atoms with E-state index in [2.05, 4.69) is 5.32 Å². The number of benzodiazepines with no additional fused rings is 1. The van der Waals surface area contributed by atoms with Crippen molar-refractivity contribution in [3.05, 3.63) is 65.2 Å². The van der Waals surface area contributed by atoms with Crippen molar-refractivity contribution < 1.29 is 14.4 Å². The van der Waals surface area contributed by atoms with Gasteiger partial charge in [0.2, 0.25) is 18.0 Å². The second-order valence-corrected chi connectivity index (χ2v) is 10.6. The van der Waals surface area contributed by atoms with Gasteiger partial charge in [-0.3, -0.25) is 14.4 Å². The molecule has 4 rings (SSSR count). The summed E-state index contributed by atoms with van der Waals surface area (Å²) >= 11 is 0. The van der Waals surface area contributed by atoms with E-state index in [0.717, 1.165) is 35.2 Å². The summed E-state index contributed by atoms with van der Waals surface area (Å²) in [5, 5.41) is 2.92. The minimum atomic E-state index is -1.12. The molecule has 3 N–H and O–H groups in total. The fourth-order valence-corrected chi connectivity index (χ4v) is 5.62. The van der Waals surface area contributed by atoms with Gasteiger partial charge in [-0.2, -0.15) is 0 Å². The molecule has 0 saturated heterocycles. The lowest BCUT2D eigenvalue weighted by molar-refractivity contribution is -0.142. The predicted molar refractivity (Wildman–Crippen MR) is 142 cm³/mol. The van der Waals surface area contributed by atoms with Crippen LogP contribution in [0.3, 0.4) is 0 Å². The van der Waals surface area contributed by atoms with Gasteiger partial charge < -0.3 is 16.0 Å². The molecule has 0 aromatic heterocycles. The molecule has 3 amide bonds. The zero-order valence-corrected chi connectivity index (χ0v) is 21.6. The maximum absolute atomic E-state index is 13.8. The lowest BCUT2D eigenvalue weighted by Crippen LogP contribution is -2.53. The zero-order chi connectivity index (χ0) is 26.0. The van der Waals surface area contributed by atoms with Crippen molar-refractivity contribution in [2.75, 3.05) is 11.9 Å². The van der Waals surface area contributed by atoms with Gasteiger partial charge in [0.15, 0.2) is 0 Å². The number of fused-ring (bicyclic) bond motifs is 1. The smallest absolute Gasteiger partial charge is 0.272 e. The van der Waals surface area contributed by atoms with E-state index >= 15 is 0 Å². The highest BCUT2D eigenvalue weighted by atomic mass is 16.2. The highest BCUT2D eigenvalue weighted by Gasteiger charge is 2.50. The van der Waals surface area contributed by atoms with Gasteiger partial charge in [-0.1, -0.05) is 74.7 Å². The number of amides is 3. The van der Waals surface area contributed by atoms with E-state index in [0.29, 0.717) is 25.0 Å². The molecule has 0 bridgehead atoms. The average molecular weight is 489 g/mol. The minimum absolute atomic E-state index is 0.181. The quantitative estimate of drug-likeness (QED) is 0.616. The Labute approximate surface area is 213 Å². The van der Waals surface area contributed by atoms with Crippen molar-refractivity contribution in [1.29, 1.82) is 0 Å². The van der Waals surface area contributed by atoms with Crippen LogP contribution >= 0.6 is 0 Å². The second-order valence-electron chi connectivity index (χ2n) is 10.6. The molecule has 0 spiro atoms. The molecule has 36 heavy (non-hydrogen) atoms. The third-order valence-corrected chi connectivity index (χ3v) is 7.62. The van der Waals surface area contributed by atoms with Gasteiger partial charge in [0, 0.05) is 18.2 Å². The van der Waals surface area contributed by atoms with Crippen LogP contribution in [0, 0.1) is 24.2 Å². The average Bonchev–Trinajstić information content (AvgIpc) is 3.32. The molecule has 2 aromatic carbocycles. The van der Waals surface area contributed by atoms with E-state index in [1.807, 2.05) is 69.3 Å². The van der Waals surface area contributed by atoms with Crippen LogP contribution < -0.4 is 16.0 Å². The van der Waals surface area contributed by atoms with Crippen molar-refractivity contribution in [3.8, 4) is 0 Å². The predicted octanol–water partition coefficient (Wildman–Crippen LogP) is 3.96. The van der Waals surface area contributed by atoms with Crippen molar-refractivity contribution in [1.82, 2.24) is 5.32 Å². The number of hydrogen-bond acceptors (Lipinski definition) is 4. The Morgan fingerprint density at radius 3 is 2.36 bits per heavy atom. The molecular weight excluding hydrogens is 452 g/mol. The molecule has 2 aliphatic rings. The molecule has 0 radical (unpaired) electrons. The standard InChI is InChI=1S/C29H36N4O3/c1-18(2)17-22(29(28(30)36)15-7-8-16-29)26(34)32-25-27(35)33(4)23-10-6-5-9-21(23)24(31-25)20-13-11-19(3)12-14-20/h5-6,9-14,18,22,25H,7-8,15-17H2,1-4H3,(H2,30,36)(H,32,34)/t22-,25+/m0/s1. The van der Waals surface area contributed by atoms with Gasteiger partial charge in [-0.05, 0) is 38.2 Å². The number of primary amides is 1. The normalized spacial score (nSPS) is 19.9.